The van der Waals surface area contributed by atoms with Crippen molar-refractivity contribution in [2.45, 2.75) is 25.8 Å². The molecule has 0 bridgehead atoms. The molecule has 0 saturated heterocycles. The van der Waals surface area contributed by atoms with E-state index in [2.05, 4.69) is 22.4 Å². The lowest BCUT2D eigenvalue weighted by atomic mass is 10.1. The number of aryl methyl sites for hydroxylation is 1. The molecule has 4 nitrogen and oxygen atoms in total. The highest BCUT2D eigenvalue weighted by atomic mass is 19.1. The molecule has 0 radical (unpaired) electrons. The van der Waals surface area contributed by atoms with Crippen LogP contribution >= 0.6 is 0 Å². The third kappa shape index (κ3) is 4.13. The van der Waals surface area contributed by atoms with E-state index in [1.54, 1.807) is 18.5 Å². The maximum Gasteiger partial charge on any atom is 0.133 e. The molecule has 1 aromatic carbocycles. The fourth-order valence-corrected chi connectivity index (χ4v) is 2.05. The summed E-state index contributed by atoms with van der Waals surface area (Å²) in [5.41, 5.74) is 1.01. The van der Waals surface area contributed by atoms with E-state index in [9.17, 15) is 4.39 Å². The van der Waals surface area contributed by atoms with Gasteiger partial charge in [0.2, 0.25) is 0 Å². The molecule has 1 heterocycles. The first-order chi connectivity index (χ1) is 9.15. The van der Waals surface area contributed by atoms with Gasteiger partial charge in [-0.15, -0.1) is 10.2 Å². The van der Waals surface area contributed by atoms with Crippen molar-refractivity contribution in [2.24, 2.45) is 7.05 Å². The van der Waals surface area contributed by atoms with Crippen LogP contribution in [0.5, 0.6) is 0 Å². The minimum absolute atomic E-state index is 0.177. The second-order valence-corrected chi connectivity index (χ2v) is 4.80. The predicted octanol–water partition coefficient (Wildman–Crippen LogP) is 1.72. The summed E-state index contributed by atoms with van der Waals surface area (Å²) in [7, 11) is 1.94. The zero-order valence-electron chi connectivity index (χ0n) is 11.3. The monoisotopic (exact) mass is 262 g/mol. The van der Waals surface area contributed by atoms with Gasteiger partial charge in [0.25, 0.3) is 0 Å². The molecule has 1 N–H and O–H groups in total. The summed E-state index contributed by atoms with van der Waals surface area (Å²) < 4.78 is 15.0. The van der Waals surface area contributed by atoms with Crippen molar-refractivity contribution in [1.29, 1.82) is 0 Å². The Labute approximate surface area is 112 Å². The Bertz CT molecular complexity index is 524. The Morgan fingerprint density at radius 1 is 1.42 bits per heavy atom. The molecule has 0 aliphatic heterocycles. The van der Waals surface area contributed by atoms with E-state index >= 15 is 0 Å². The predicted molar refractivity (Wildman–Crippen MR) is 72.3 cm³/mol. The SMILES string of the molecule is CC(Cc1cccc(F)c1)NCCc1nncn1C. The molecule has 0 fully saturated rings. The van der Waals surface area contributed by atoms with E-state index in [0.29, 0.717) is 6.04 Å². The van der Waals surface area contributed by atoms with Gasteiger partial charge in [0.1, 0.15) is 18.0 Å². The van der Waals surface area contributed by atoms with E-state index < -0.39 is 0 Å². The highest BCUT2D eigenvalue weighted by Gasteiger charge is 2.05. The highest BCUT2D eigenvalue weighted by molar-refractivity contribution is 5.17. The van der Waals surface area contributed by atoms with Crippen molar-refractivity contribution in [2.75, 3.05) is 6.54 Å². The summed E-state index contributed by atoms with van der Waals surface area (Å²) in [5.74, 6) is 0.786. The molecule has 0 amide bonds. The lowest BCUT2D eigenvalue weighted by Gasteiger charge is -2.13. The van der Waals surface area contributed by atoms with Gasteiger partial charge in [-0.25, -0.2) is 4.39 Å². The molecular weight excluding hydrogens is 243 g/mol. The Kier molecular flexibility index (Phi) is 4.63. The van der Waals surface area contributed by atoms with Gasteiger partial charge in [-0.2, -0.15) is 0 Å². The molecule has 1 unspecified atom stereocenters. The molecule has 2 aromatic rings. The molecule has 1 atom stereocenters. The number of rotatable bonds is 6. The summed E-state index contributed by atoms with van der Waals surface area (Å²) in [4.78, 5) is 0. The van der Waals surface area contributed by atoms with Crippen molar-refractivity contribution >= 4 is 0 Å². The molecule has 102 valence electrons. The Morgan fingerprint density at radius 2 is 2.26 bits per heavy atom. The van der Waals surface area contributed by atoms with Gasteiger partial charge in [-0.3, -0.25) is 0 Å². The van der Waals surface area contributed by atoms with Gasteiger partial charge in [-0.1, -0.05) is 12.1 Å². The molecular formula is C14H19FN4. The lowest BCUT2D eigenvalue weighted by molar-refractivity contribution is 0.537. The van der Waals surface area contributed by atoms with E-state index in [4.69, 9.17) is 0 Å². The van der Waals surface area contributed by atoms with Crippen LogP contribution in [0.25, 0.3) is 0 Å². The van der Waals surface area contributed by atoms with E-state index in [1.807, 2.05) is 17.7 Å². The van der Waals surface area contributed by atoms with Gasteiger partial charge in [0, 0.05) is 26.1 Å². The zero-order valence-corrected chi connectivity index (χ0v) is 11.3. The normalized spacial score (nSPS) is 12.6. The van der Waals surface area contributed by atoms with Crippen molar-refractivity contribution in [3.05, 3.63) is 47.8 Å². The number of aromatic nitrogens is 3. The minimum Gasteiger partial charge on any atom is -0.321 e. The summed E-state index contributed by atoms with van der Waals surface area (Å²) in [5, 5.41) is 11.3. The Balaban J connectivity index is 1.76. The summed E-state index contributed by atoms with van der Waals surface area (Å²) in [6, 6.07) is 7.05. The molecule has 0 aliphatic carbocycles. The van der Waals surface area contributed by atoms with Gasteiger partial charge < -0.3 is 9.88 Å². The smallest absolute Gasteiger partial charge is 0.133 e. The fraction of sp³-hybridized carbons (Fsp3) is 0.429. The van der Waals surface area contributed by atoms with Crippen LogP contribution in [0, 0.1) is 5.82 Å². The summed E-state index contributed by atoms with van der Waals surface area (Å²) >= 11 is 0. The summed E-state index contributed by atoms with van der Waals surface area (Å²) in [6.45, 7) is 2.94. The minimum atomic E-state index is -0.177. The van der Waals surface area contributed by atoms with Crippen LogP contribution in [0.2, 0.25) is 0 Å². The zero-order chi connectivity index (χ0) is 13.7. The fourth-order valence-electron chi connectivity index (χ4n) is 2.05. The first-order valence-electron chi connectivity index (χ1n) is 6.46. The van der Waals surface area contributed by atoms with Crippen LogP contribution in [0.15, 0.2) is 30.6 Å². The molecule has 19 heavy (non-hydrogen) atoms. The second-order valence-electron chi connectivity index (χ2n) is 4.80. The van der Waals surface area contributed by atoms with Crippen LogP contribution in [0.1, 0.15) is 18.3 Å². The average molecular weight is 262 g/mol. The Morgan fingerprint density at radius 3 is 2.95 bits per heavy atom. The third-order valence-electron chi connectivity index (χ3n) is 3.08. The number of benzene rings is 1. The topological polar surface area (TPSA) is 42.7 Å². The van der Waals surface area contributed by atoms with E-state index in [-0.39, 0.29) is 5.82 Å². The van der Waals surface area contributed by atoms with Gasteiger partial charge in [0.15, 0.2) is 0 Å². The van der Waals surface area contributed by atoms with Crippen molar-refractivity contribution in [3.8, 4) is 0 Å². The van der Waals surface area contributed by atoms with Crippen LogP contribution in [-0.2, 0) is 19.9 Å². The van der Waals surface area contributed by atoms with Crippen molar-refractivity contribution in [3.63, 3.8) is 0 Å². The quantitative estimate of drug-likeness (QED) is 0.862. The molecule has 1 aromatic heterocycles. The second kappa shape index (κ2) is 6.43. The van der Waals surface area contributed by atoms with Gasteiger partial charge >= 0.3 is 0 Å². The van der Waals surface area contributed by atoms with Crippen LogP contribution in [-0.4, -0.2) is 27.4 Å². The third-order valence-corrected chi connectivity index (χ3v) is 3.08. The molecule has 5 heteroatoms. The maximum absolute atomic E-state index is 13.1. The van der Waals surface area contributed by atoms with Gasteiger partial charge in [-0.05, 0) is 31.0 Å². The standard InChI is InChI=1S/C14H19FN4/c1-11(8-12-4-3-5-13(15)9-12)16-7-6-14-18-17-10-19(14)2/h3-5,9-11,16H,6-8H2,1-2H3. The van der Waals surface area contributed by atoms with E-state index in [0.717, 1.165) is 30.8 Å². The molecule has 0 aliphatic rings. The van der Waals surface area contributed by atoms with Crippen molar-refractivity contribution in [1.82, 2.24) is 20.1 Å². The summed E-state index contributed by atoms with van der Waals surface area (Å²) in [6.07, 6.45) is 3.35. The highest BCUT2D eigenvalue weighted by Crippen LogP contribution is 2.06. The average Bonchev–Trinajstić information content (AvgIpc) is 2.75. The Hall–Kier alpha value is -1.75. The lowest BCUT2D eigenvalue weighted by Crippen LogP contribution is -2.30. The maximum atomic E-state index is 13.1. The number of hydrogen-bond acceptors (Lipinski definition) is 3. The largest absolute Gasteiger partial charge is 0.321 e. The van der Waals surface area contributed by atoms with Gasteiger partial charge in [0.05, 0.1) is 0 Å². The number of nitrogens with one attached hydrogen (secondary N) is 1. The molecule has 0 spiro atoms. The molecule has 0 saturated carbocycles. The first-order valence-corrected chi connectivity index (χ1v) is 6.46. The van der Waals surface area contributed by atoms with Crippen LogP contribution < -0.4 is 5.32 Å². The van der Waals surface area contributed by atoms with Crippen LogP contribution in [0.3, 0.4) is 0 Å². The number of hydrogen-bond donors (Lipinski definition) is 1. The van der Waals surface area contributed by atoms with Crippen molar-refractivity contribution < 1.29 is 4.39 Å². The van der Waals surface area contributed by atoms with E-state index in [1.165, 1.54) is 6.07 Å². The number of halogens is 1. The number of nitrogens with zero attached hydrogens (tertiary/aromatic N) is 3. The van der Waals surface area contributed by atoms with Crippen LogP contribution in [0.4, 0.5) is 4.39 Å². The molecule has 2 rings (SSSR count). The first kappa shape index (κ1) is 13.7.